The number of hydrogen-bond acceptors (Lipinski definition) is 8. The molecule has 2 amide bonds. The molecular formula is C21H33N3O7. The van der Waals surface area contributed by atoms with Crippen LogP contribution < -0.4 is 10.6 Å². The zero-order valence-electron chi connectivity index (χ0n) is 18.7. The molecule has 0 aromatic heterocycles. The molecule has 0 saturated carbocycles. The van der Waals surface area contributed by atoms with Crippen LogP contribution in [0, 0.1) is 0 Å². The van der Waals surface area contributed by atoms with Gasteiger partial charge in [-0.2, -0.15) is 0 Å². The van der Waals surface area contributed by atoms with Crippen molar-refractivity contribution in [2.24, 2.45) is 0 Å². The number of esters is 1. The fourth-order valence-corrected chi connectivity index (χ4v) is 2.77. The molecule has 10 heteroatoms. The molecule has 0 aromatic carbocycles. The second kappa shape index (κ2) is 12.6. The second-order valence-corrected chi connectivity index (χ2v) is 8.00. The highest BCUT2D eigenvalue weighted by Crippen LogP contribution is 2.11. The summed E-state index contributed by atoms with van der Waals surface area (Å²) in [5, 5.41) is 5.65. The first-order valence-corrected chi connectivity index (χ1v) is 10.1. The molecule has 1 aliphatic heterocycles. The Morgan fingerprint density at radius 1 is 1.26 bits per heavy atom. The summed E-state index contributed by atoms with van der Waals surface area (Å²) in [6, 6.07) is -0.699. The molecule has 0 radical (unpaired) electrons. The fourth-order valence-electron chi connectivity index (χ4n) is 2.77. The van der Waals surface area contributed by atoms with Crippen molar-refractivity contribution in [2.75, 3.05) is 33.4 Å². The lowest BCUT2D eigenvalue weighted by Gasteiger charge is -2.28. The maximum atomic E-state index is 12.1. The van der Waals surface area contributed by atoms with Gasteiger partial charge in [0.15, 0.2) is 5.78 Å². The summed E-state index contributed by atoms with van der Waals surface area (Å²) >= 11 is 0. The highest BCUT2D eigenvalue weighted by atomic mass is 16.6. The molecule has 1 rings (SSSR count). The van der Waals surface area contributed by atoms with E-state index in [-0.39, 0.29) is 25.5 Å². The topological polar surface area (TPSA) is 123 Å². The van der Waals surface area contributed by atoms with E-state index in [0.717, 1.165) is 0 Å². The maximum absolute atomic E-state index is 12.1. The molecule has 0 fully saturated rings. The van der Waals surface area contributed by atoms with Crippen molar-refractivity contribution in [3.63, 3.8) is 0 Å². The lowest BCUT2D eigenvalue weighted by atomic mass is 10.1. The van der Waals surface area contributed by atoms with E-state index in [1.165, 1.54) is 24.2 Å². The number of hydrogen-bond donors (Lipinski definition) is 2. The van der Waals surface area contributed by atoms with Crippen molar-refractivity contribution in [2.45, 2.75) is 51.7 Å². The summed E-state index contributed by atoms with van der Waals surface area (Å²) in [5.74, 6) is -0.769. The molecule has 0 aliphatic carbocycles. The summed E-state index contributed by atoms with van der Waals surface area (Å²) in [5.41, 5.74) is -0.143. The first kappa shape index (κ1) is 26.0. The van der Waals surface area contributed by atoms with E-state index < -0.39 is 29.8 Å². The van der Waals surface area contributed by atoms with Gasteiger partial charge in [0, 0.05) is 18.3 Å². The minimum atomic E-state index is -0.699. The lowest BCUT2D eigenvalue weighted by Crippen LogP contribution is -2.46. The van der Waals surface area contributed by atoms with Crippen LogP contribution in [0.3, 0.4) is 0 Å². The second-order valence-electron chi connectivity index (χ2n) is 8.00. The molecule has 174 valence electrons. The normalized spacial score (nSPS) is 14.8. The number of alkyl carbamates (subject to hydrolysis) is 1. The Hall–Kier alpha value is -3.04. The average Bonchev–Trinajstić information content (AvgIpc) is 2.68. The highest BCUT2D eigenvalue weighted by Gasteiger charge is 2.27. The molecule has 1 atom stereocenters. The number of rotatable bonds is 10. The van der Waals surface area contributed by atoms with E-state index in [2.05, 4.69) is 17.2 Å². The molecule has 31 heavy (non-hydrogen) atoms. The predicted molar refractivity (Wildman–Crippen MR) is 113 cm³/mol. The van der Waals surface area contributed by atoms with Gasteiger partial charge in [-0.25, -0.2) is 14.4 Å². The number of nitrogens with zero attached hydrogens (tertiary/aromatic N) is 1. The summed E-state index contributed by atoms with van der Waals surface area (Å²) in [4.78, 5) is 49.1. The van der Waals surface area contributed by atoms with Gasteiger partial charge in [0.1, 0.15) is 18.2 Å². The smallest absolute Gasteiger partial charge is 0.410 e. The number of amides is 2. The van der Waals surface area contributed by atoms with Crippen LogP contribution in [0.5, 0.6) is 0 Å². The zero-order chi connectivity index (χ0) is 23.4. The van der Waals surface area contributed by atoms with E-state index in [9.17, 15) is 19.2 Å². The molecule has 0 saturated heterocycles. The van der Waals surface area contributed by atoms with Crippen LogP contribution in [0.4, 0.5) is 9.59 Å². The zero-order valence-corrected chi connectivity index (χ0v) is 18.7. The third-order valence-corrected chi connectivity index (χ3v) is 4.06. The van der Waals surface area contributed by atoms with Gasteiger partial charge in [-0.15, -0.1) is 0 Å². The van der Waals surface area contributed by atoms with Crippen LogP contribution in [0.2, 0.25) is 0 Å². The molecule has 10 nitrogen and oxygen atoms in total. The van der Waals surface area contributed by atoms with Gasteiger partial charge in [-0.1, -0.05) is 12.7 Å². The third-order valence-electron chi connectivity index (χ3n) is 4.06. The van der Waals surface area contributed by atoms with Crippen molar-refractivity contribution < 1.29 is 33.4 Å². The van der Waals surface area contributed by atoms with Crippen molar-refractivity contribution in [1.29, 1.82) is 0 Å². The van der Waals surface area contributed by atoms with E-state index >= 15 is 0 Å². The van der Waals surface area contributed by atoms with Crippen LogP contribution in [-0.2, 0) is 23.8 Å². The standard InChI is InChI=1S/C21H33N3O7/c1-6-11-30-20(28)24-13-15(12-16(25)14-24)23-17(18(26)29-5)9-7-8-10-22-19(27)31-21(2,3)4/h6,12,17,23H,1,7-11,13-14H2,2-5H3,(H,22,27)/t17-/m0/s1. The SMILES string of the molecule is C=CCOC(=O)N1CC(=O)C=C(N[C@@H](CCCCNC(=O)OC(C)(C)C)C(=O)OC)C1. The van der Waals surface area contributed by atoms with Crippen LogP contribution in [-0.4, -0.2) is 73.8 Å². The number of ketones is 1. The Balaban J connectivity index is 2.55. The molecule has 0 spiro atoms. The largest absolute Gasteiger partial charge is 0.467 e. The van der Waals surface area contributed by atoms with Gasteiger partial charge in [-0.3, -0.25) is 9.69 Å². The van der Waals surface area contributed by atoms with Crippen molar-refractivity contribution in [3.8, 4) is 0 Å². The predicted octanol–water partition coefficient (Wildman–Crippen LogP) is 1.90. The van der Waals surface area contributed by atoms with Gasteiger partial charge in [0.05, 0.1) is 20.2 Å². The quantitative estimate of drug-likeness (QED) is 0.229. The van der Waals surface area contributed by atoms with Gasteiger partial charge < -0.3 is 24.8 Å². The first-order valence-electron chi connectivity index (χ1n) is 10.1. The Morgan fingerprint density at radius 2 is 1.97 bits per heavy atom. The lowest BCUT2D eigenvalue weighted by molar-refractivity contribution is -0.143. The van der Waals surface area contributed by atoms with E-state index in [1.54, 1.807) is 20.8 Å². The molecule has 0 bridgehead atoms. The molecule has 1 heterocycles. The minimum Gasteiger partial charge on any atom is -0.467 e. The summed E-state index contributed by atoms with van der Waals surface area (Å²) in [7, 11) is 1.28. The van der Waals surface area contributed by atoms with Crippen molar-refractivity contribution >= 4 is 23.9 Å². The Labute approximate surface area is 182 Å². The van der Waals surface area contributed by atoms with Gasteiger partial charge >= 0.3 is 18.2 Å². The van der Waals surface area contributed by atoms with E-state index in [0.29, 0.717) is 31.5 Å². The molecular weight excluding hydrogens is 406 g/mol. The number of carbonyl (C=O) groups is 4. The van der Waals surface area contributed by atoms with E-state index in [4.69, 9.17) is 14.2 Å². The van der Waals surface area contributed by atoms with Gasteiger partial charge in [-0.05, 0) is 40.0 Å². The molecule has 1 aliphatic rings. The monoisotopic (exact) mass is 439 g/mol. The highest BCUT2D eigenvalue weighted by molar-refractivity contribution is 5.95. The first-order chi connectivity index (χ1) is 14.6. The van der Waals surface area contributed by atoms with Crippen molar-refractivity contribution in [1.82, 2.24) is 15.5 Å². The number of unbranched alkanes of at least 4 members (excludes halogenated alkanes) is 1. The van der Waals surface area contributed by atoms with Crippen LogP contribution >= 0.6 is 0 Å². The molecule has 2 N–H and O–H groups in total. The number of ether oxygens (including phenoxy) is 3. The van der Waals surface area contributed by atoms with Crippen LogP contribution in [0.25, 0.3) is 0 Å². The minimum absolute atomic E-state index is 0.0398. The summed E-state index contributed by atoms with van der Waals surface area (Å²) in [6.45, 7) is 9.27. The molecule has 0 unspecified atom stereocenters. The van der Waals surface area contributed by atoms with Gasteiger partial charge in [0.2, 0.25) is 0 Å². The summed E-state index contributed by atoms with van der Waals surface area (Å²) in [6.07, 6.45) is 3.31. The average molecular weight is 440 g/mol. The Morgan fingerprint density at radius 3 is 2.58 bits per heavy atom. The Bertz CT molecular complexity index is 698. The van der Waals surface area contributed by atoms with Crippen LogP contribution in [0.15, 0.2) is 24.4 Å². The third kappa shape index (κ3) is 10.5. The fraction of sp³-hybridized carbons (Fsp3) is 0.619. The van der Waals surface area contributed by atoms with Crippen molar-refractivity contribution in [3.05, 3.63) is 24.4 Å². The summed E-state index contributed by atoms with van der Waals surface area (Å²) < 4.78 is 15.0. The number of methoxy groups -OCH3 is 1. The molecule has 0 aromatic rings. The number of nitrogens with one attached hydrogen (secondary N) is 2. The van der Waals surface area contributed by atoms with Crippen LogP contribution in [0.1, 0.15) is 40.0 Å². The Kier molecular flexibility index (Phi) is 10.6. The maximum Gasteiger partial charge on any atom is 0.410 e. The van der Waals surface area contributed by atoms with E-state index in [1.807, 2.05) is 0 Å². The number of carbonyl (C=O) groups excluding carboxylic acids is 4. The van der Waals surface area contributed by atoms with Gasteiger partial charge in [0.25, 0.3) is 0 Å².